The molecule has 0 saturated carbocycles. The van der Waals surface area contributed by atoms with Gasteiger partial charge in [0.2, 0.25) is 0 Å². The topological polar surface area (TPSA) is 79.5 Å². The van der Waals surface area contributed by atoms with E-state index in [0.29, 0.717) is 5.75 Å². The van der Waals surface area contributed by atoms with Crippen molar-refractivity contribution in [1.82, 2.24) is 0 Å². The maximum Gasteiger partial charge on any atom is 0.144 e. The summed E-state index contributed by atoms with van der Waals surface area (Å²) in [4.78, 5) is 0. The molecule has 0 aliphatic carbocycles. The van der Waals surface area contributed by atoms with Crippen molar-refractivity contribution in [2.75, 3.05) is 23.8 Å². The van der Waals surface area contributed by atoms with E-state index in [-0.39, 0.29) is 13.2 Å². The van der Waals surface area contributed by atoms with Gasteiger partial charge in [-0.25, -0.2) is 0 Å². The van der Waals surface area contributed by atoms with Gasteiger partial charge in [0, 0.05) is 6.54 Å². The molecule has 1 atom stereocenters. The minimum atomic E-state index is -0.626. The normalized spacial score (nSPS) is 15.1. The molecular formula is C10H14N3O2. The second-order valence-corrected chi connectivity index (χ2v) is 3.31. The van der Waals surface area contributed by atoms with Gasteiger partial charge in [0.1, 0.15) is 30.8 Å². The van der Waals surface area contributed by atoms with Gasteiger partial charge in [-0.1, -0.05) is 6.07 Å². The molecule has 1 heterocycles. The fourth-order valence-corrected chi connectivity index (χ4v) is 1.36. The van der Waals surface area contributed by atoms with Crippen LogP contribution in [0, 0.1) is 6.67 Å². The third-order valence-electron chi connectivity index (χ3n) is 2.17. The molecule has 0 spiro atoms. The van der Waals surface area contributed by atoms with Crippen molar-refractivity contribution in [3.05, 3.63) is 24.9 Å². The van der Waals surface area contributed by atoms with Crippen LogP contribution in [0.3, 0.4) is 0 Å². The number of anilines is 2. The lowest BCUT2D eigenvalue weighted by Gasteiger charge is -2.12. The second-order valence-electron chi connectivity index (χ2n) is 3.31. The first kappa shape index (κ1) is 10.1. The summed E-state index contributed by atoms with van der Waals surface area (Å²) in [6.45, 7) is 2.14. The van der Waals surface area contributed by atoms with Crippen LogP contribution in [0.2, 0.25) is 0 Å². The van der Waals surface area contributed by atoms with Crippen LogP contribution in [0.5, 0.6) is 5.75 Å². The third kappa shape index (κ3) is 2.14. The van der Waals surface area contributed by atoms with Gasteiger partial charge < -0.3 is 26.2 Å². The lowest BCUT2D eigenvalue weighted by atomic mass is 10.2. The first-order valence-electron chi connectivity index (χ1n) is 4.80. The van der Waals surface area contributed by atoms with Crippen molar-refractivity contribution in [2.45, 2.75) is 6.10 Å². The van der Waals surface area contributed by atoms with Crippen molar-refractivity contribution >= 4 is 11.4 Å². The van der Waals surface area contributed by atoms with Crippen LogP contribution < -0.4 is 21.1 Å². The Kier molecular flexibility index (Phi) is 2.94. The molecule has 0 amide bonds. The minimum Gasteiger partial charge on any atom is -0.489 e. The van der Waals surface area contributed by atoms with Crippen molar-refractivity contribution in [2.24, 2.45) is 5.73 Å². The second kappa shape index (κ2) is 4.37. The van der Waals surface area contributed by atoms with Crippen LogP contribution in [-0.2, 0) is 0 Å². The molecule has 0 unspecified atom stereocenters. The summed E-state index contributed by atoms with van der Waals surface area (Å²) >= 11 is 0. The highest BCUT2D eigenvalue weighted by molar-refractivity contribution is 5.80. The number of nitrogens with one attached hydrogen (secondary N) is 2. The van der Waals surface area contributed by atoms with Gasteiger partial charge in [0.05, 0.1) is 5.69 Å². The Morgan fingerprint density at radius 3 is 3.07 bits per heavy atom. The molecule has 1 aromatic carbocycles. The van der Waals surface area contributed by atoms with E-state index < -0.39 is 6.10 Å². The molecular weight excluding hydrogens is 194 g/mol. The van der Waals surface area contributed by atoms with E-state index in [1.165, 1.54) is 0 Å². The maximum absolute atomic E-state index is 9.27. The molecule has 0 fully saturated rings. The summed E-state index contributed by atoms with van der Waals surface area (Å²) < 4.78 is 5.45. The quantitative estimate of drug-likeness (QED) is 0.574. The van der Waals surface area contributed by atoms with E-state index in [9.17, 15) is 5.11 Å². The Morgan fingerprint density at radius 1 is 1.40 bits per heavy atom. The molecule has 1 radical (unpaired) electrons. The highest BCUT2D eigenvalue weighted by Gasteiger charge is 2.15. The molecule has 0 bridgehead atoms. The molecule has 1 aromatic rings. The fourth-order valence-electron chi connectivity index (χ4n) is 1.36. The molecule has 5 heteroatoms. The zero-order valence-electron chi connectivity index (χ0n) is 8.23. The molecule has 1 aliphatic heterocycles. The molecule has 1 aliphatic rings. The smallest absolute Gasteiger partial charge is 0.144 e. The third-order valence-corrected chi connectivity index (χ3v) is 2.17. The lowest BCUT2D eigenvalue weighted by Crippen LogP contribution is -2.26. The lowest BCUT2D eigenvalue weighted by molar-refractivity contribution is 0.114. The monoisotopic (exact) mass is 208 g/mol. The summed E-state index contributed by atoms with van der Waals surface area (Å²) in [7, 11) is 0. The summed E-state index contributed by atoms with van der Waals surface area (Å²) in [6, 6.07) is 5.67. The number of hydrogen-bond acceptors (Lipinski definition) is 5. The van der Waals surface area contributed by atoms with Crippen LogP contribution in [0.1, 0.15) is 0 Å². The first-order valence-corrected chi connectivity index (χ1v) is 4.80. The number of benzene rings is 1. The molecule has 0 saturated heterocycles. The molecule has 2 rings (SSSR count). The predicted octanol–water partition coefficient (Wildman–Crippen LogP) is 0.342. The van der Waals surface area contributed by atoms with E-state index in [0.717, 1.165) is 11.4 Å². The average Bonchev–Trinajstić information content (AvgIpc) is 2.74. The van der Waals surface area contributed by atoms with E-state index in [2.05, 4.69) is 10.6 Å². The largest absolute Gasteiger partial charge is 0.489 e. The first-order chi connectivity index (χ1) is 7.31. The fraction of sp³-hybridized carbons (Fsp3) is 0.300. The van der Waals surface area contributed by atoms with Crippen molar-refractivity contribution in [1.29, 1.82) is 0 Å². The Morgan fingerprint density at radius 2 is 2.27 bits per heavy atom. The van der Waals surface area contributed by atoms with Gasteiger partial charge >= 0.3 is 0 Å². The number of hydrogen-bond donors (Lipinski definition) is 4. The van der Waals surface area contributed by atoms with Crippen molar-refractivity contribution < 1.29 is 9.84 Å². The van der Waals surface area contributed by atoms with Gasteiger partial charge in [-0.3, -0.25) is 0 Å². The number of rotatable bonds is 4. The summed E-state index contributed by atoms with van der Waals surface area (Å²) in [5.41, 5.74) is 7.14. The van der Waals surface area contributed by atoms with Crippen LogP contribution >= 0.6 is 0 Å². The molecule has 81 valence electrons. The SMILES string of the molecule is NC[C@H](O)COc1cccc2c1N[CH]N2. The van der Waals surface area contributed by atoms with Crippen LogP contribution in [-0.4, -0.2) is 24.4 Å². The number of aliphatic hydroxyl groups excluding tert-OH is 1. The maximum atomic E-state index is 9.27. The van der Waals surface area contributed by atoms with Gasteiger partial charge in [-0.15, -0.1) is 0 Å². The summed E-state index contributed by atoms with van der Waals surface area (Å²) in [6.07, 6.45) is -0.626. The molecule has 5 N–H and O–H groups in total. The number of nitrogens with two attached hydrogens (primary N) is 1. The zero-order valence-corrected chi connectivity index (χ0v) is 8.23. The van der Waals surface area contributed by atoms with Crippen molar-refractivity contribution in [3.63, 3.8) is 0 Å². The highest BCUT2D eigenvalue weighted by atomic mass is 16.5. The number of para-hydroxylation sites is 1. The molecule has 5 nitrogen and oxygen atoms in total. The van der Waals surface area contributed by atoms with E-state index in [4.69, 9.17) is 10.5 Å². The van der Waals surface area contributed by atoms with Crippen LogP contribution in [0.25, 0.3) is 0 Å². The highest BCUT2D eigenvalue weighted by Crippen LogP contribution is 2.36. The average molecular weight is 208 g/mol. The van der Waals surface area contributed by atoms with Crippen molar-refractivity contribution in [3.8, 4) is 5.75 Å². The Balaban J connectivity index is 2.06. The van der Waals surface area contributed by atoms with Gasteiger partial charge in [0.25, 0.3) is 0 Å². The Bertz CT molecular complexity index is 343. The zero-order chi connectivity index (χ0) is 10.7. The predicted molar refractivity (Wildman–Crippen MR) is 58.5 cm³/mol. The standard InChI is InChI=1S/C10H14N3O2/c11-4-7(14)5-15-9-3-1-2-8-10(9)13-6-12-8/h1-3,6-7,12-14H,4-5,11H2/t7-/m0/s1. The van der Waals surface area contributed by atoms with E-state index in [1.54, 1.807) is 6.67 Å². The van der Waals surface area contributed by atoms with E-state index >= 15 is 0 Å². The molecule has 0 aromatic heterocycles. The Labute approximate surface area is 88.2 Å². The van der Waals surface area contributed by atoms with E-state index in [1.807, 2.05) is 18.2 Å². The Hall–Kier alpha value is -1.46. The van der Waals surface area contributed by atoms with Gasteiger partial charge in [-0.2, -0.15) is 0 Å². The number of ether oxygens (including phenoxy) is 1. The van der Waals surface area contributed by atoms with Crippen LogP contribution in [0.15, 0.2) is 18.2 Å². The van der Waals surface area contributed by atoms with Gasteiger partial charge in [0.15, 0.2) is 0 Å². The number of fused-ring (bicyclic) bond motifs is 1. The molecule has 15 heavy (non-hydrogen) atoms. The minimum absolute atomic E-state index is 0.201. The van der Waals surface area contributed by atoms with Gasteiger partial charge in [-0.05, 0) is 12.1 Å². The summed E-state index contributed by atoms with van der Waals surface area (Å²) in [5.74, 6) is 0.709. The number of aliphatic hydroxyl groups is 1. The summed E-state index contributed by atoms with van der Waals surface area (Å²) in [5, 5.41) is 15.3. The van der Waals surface area contributed by atoms with Crippen LogP contribution in [0.4, 0.5) is 11.4 Å².